The molecule has 2 aliphatic heterocycles. The molecule has 2 saturated heterocycles. The predicted octanol–water partition coefficient (Wildman–Crippen LogP) is 1.80. The van der Waals surface area contributed by atoms with E-state index in [1.807, 2.05) is 0 Å². The second-order valence-corrected chi connectivity index (χ2v) is 7.93. The van der Waals surface area contributed by atoms with Crippen LogP contribution >= 0.6 is 0 Å². The van der Waals surface area contributed by atoms with Crippen LogP contribution in [0, 0.1) is 5.82 Å². The number of nitrogens with zero attached hydrogens (tertiary/aromatic N) is 2. The molecular formula is C20H27FN4O3. The molecule has 2 fully saturated rings. The highest BCUT2D eigenvalue weighted by atomic mass is 19.1. The molecule has 0 aromatic heterocycles. The summed E-state index contributed by atoms with van der Waals surface area (Å²) in [6.07, 6.45) is 2.07. The summed E-state index contributed by atoms with van der Waals surface area (Å²) in [5.74, 6) is -1.19. The molecule has 8 heteroatoms. The highest BCUT2D eigenvalue weighted by Crippen LogP contribution is 2.27. The Morgan fingerprint density at radius 1 is 1.25 bits per heavy atom. The lowest BCUT2D eigenvalue weighted by atomic mass is 10.0. The van der Waals surface area contributed by atoms with Crippen molar-refractivity contribution < 1.29 is 18.8 Å². The number of rotatable bonds is 6. The second-order valence-electron chi connectivity index (χ2n) is 7.93. The Kier molecular flexibility index (Phi) is 5.69. The molecule has 0 aliphatic carbocycles. The van der Waals surface area contributed by atoms with Crippen LogP contribution in [0.1, 0.15) is 45.2 Å². The molecule has 0 bridgehead atoms. The number of imide groups is 1. The highest BCUT2D eigenvalue weighted by Gasteiger charge is 2.47. The average Bonchev–Trinajstić information content (AvgIpc) is 3.23. The zero-order chi connectivity index (χ0) is 20.5. The predicted molar refractivity (Wildman–Crippen MR) is 102 cm³/mol. The number of amides is 4. The Labute approximate surface area is 164 Å². The standard InChI is InChI=1S/C20H27FN4O3/c1-13(25-18(27)20(2,3)23-19(25)28)17(26)22-12-16(24-10-6-7-11-24)14-8-4-5-9-15(14)21/h4-5,8-9,13,16H,6-7,10-12H2,1-3H3,(H,22,26)(H,23,28)/t13-,16+/m0/s1. The van der Waals surface area contributed by atoms with Gasteiger partial charge in [0.05, 0.1) is 6.04 Å². The third kappa shape index (κ3) is 3.87. The molecule has 152 valence electrons. The molecule has 28 heavy (non-hydrogen) atoms. The lowest BCUT2D eigenvalue weighted by Crippen LogP contribution is -2.50. The van der Waals surface area contributed by atoms with E-state index >= 15 is 0 Å². The molecule has 1 aromatic rings. The van der Waals surface area contributed by atoms with Crippen molar-refractivity contribution in [3.05, 3.63) is 35.6 Å². The number of hydrogen-bond acceptors (Lipinski definition) is 4. The Balaban J connectivity index is 1.71. The van der Waals surface area contributed by atoms with Crippen LogP contribution in [0.3, 0.4) is 0 Å². The first kappa shape index (κ1) is 20.3. The third-order valence-electron chi connectivity index (χ3n) is 5.47. The summed E-state index contributed by atoms with van der Waals surface area (Å²) in [5, 5.41) is 5.38. The third-order valence-corrected chi connectivity index (χ3v) is 5.47. The fourth-order valence-corrected chi connectivity index (χ4v) is 3.82. The van der Waals surface area contributed by atoms with E-state index in [1.54, 1.807) is 32.0 Å². The van der Waals surface area contributed by atoms with Crippen LogP contribution in [-0.2, 0) is 9.59 Å². The lowest BCUT2D eigenvalue weighted by molar-refractivity contribution is -0.137. The van der Waals surface area contributed by atoms with Crippen molar-refractivity contribution in [1.82, 2.24) is 20.4 Å². The maximum Gasteiger partial charge on any atom is 0.325 e. The van der Waals surface area contributed by atoms with Crippen molar-refractivity contribution in [2.75, 3.05) is 19.6 Å². The number of halogens is 1. The molecule has 2 N–H and O–H groups in total. The van der Waals surface area contributed by atoms with Gasteiger partial charge in [0, 0.05) is 12.1 Å². The number of likely N-dealkylation sites (tertiary alicyclic amines) is 1. The highest BCUT2D eigenvalue weighted by molar-refractivity contribution is 6.09. The van der Waals surface area contributed by atoms with Gasteiger partial charge in [-0.1, -0.05) is 18.2 Å². The van der Waals surface area contributed by atoms with E-state index in [-0.39, 0.29) is 18.4 Å². The molecule has 4 amide bonds. The first-order valence-corrected chi connectivity index (χ1v) is 9.64. The van der Waals surface area contributed by atoms with Crippen LogP contribution in [0.15, 0.2) is 24.3 Å². The zero-order valence-electron chi connectivity index (χ0n) is 16.5. The molecule has 2 heterocycles. The molecule has 3 rings (SSSR count). The van der Waals surface area contributed by atoms with E-state index in [0.29, 0.717) is 5.56 Å². The summed E-state index contributed by atoms with van der Waals surface area (Å²) < 4.78 is 14.4. The van der Waals surface area contributed by atoms with Crippen LogP contribution in [0.4, 0.5) is 9.18 Å². The average molecular weight is 390 g/mol. The Morgan fingerprint density at radius 2 is 1.89 bits per heavy atom. The van der Waals surface area contributed by atoms with Gasteiger partial charge in [-0.05, 0) is 52.8 Å². The topological polar surface area (TPSA) is 81.8 Å². The Bertz CT molecular complexity index is 776. The van der Waals surface area contributed by atoms with Crippen molar-refractivity contribution in [3.63, 3.8) is 0 Å². The van der Waals surface area contributed by atoms with E-state index < -0.39 is 29.4 Å². The van der Waals surface area contributed by atoms with Crippen molar-refractivity contribution in [1.29, 1.82) is 0 Å². The first-order valence-electron chi connectivity index (χ1n) is 9.64. The summed E-state index contributed by atoms with van der Waals surface area (Å²) in [5.41, 5.74) is -0.495. The second kappa shape index (κ2) is 7.87. The minimum atomic E-state index is -1.03. The molecule has 0 saturated carbocycles. The van der Waals surface area contributed by atoms with Gasteiger partial charge in [0.1, 0.15) is 17.4 Å². The van der Waals surface area contributed by atoms with E-state index in [0.717, 1.165) is 30.8 Å². The number of nitrogens with one attached hydrogen (secondary N) is 2. The van der Waals surface area contributed by atoms with Crippen LogP contribution in [0.25, 0.3) is 0 Å². The van der Waals surface area contributed by atoms with Crippen LogP contribution in [0.2, 0.25) is 0 Å². The van der Waals surface area contributed by atoms with Gasteiger partial charge in [0.25, 0.3) is 5.91 Å². The smallest absolute Gasteiger partial charge is 0.325 e. The van der Waals surface area contributed by atoms with Gasteiger partial charge in [0.15, 0.2) is 0 Å². The Hall–Kier alpha value is -2.48. The summed E-state index contributed by atoms with van der Waals surface area (Å²) in [6, 6.07) is 4.74. The van der Waals surface area contributed by atoms with Gasteiger partial charge in [-0.25, -0.2) is 14.1 Å². The first-order chi connectivity index (χ1) is 13.2. The van der Waals surface area contributed by atoms with E-state index in [1.165, 1.54) is 13.0 Å². The van der Waals surface area contributed by atoms with Gasteiger partial charge < -0.3 is 10.6 Å². The Morgan fingerprint density at radius 3 is 2.46 bits per heavy atom. The van der Waals surface area contributed by atoms with Crippen molar-refractivity contribution >= 4 is 17.8 Å². The largest absolute Gasteiger partial charge is 0.352 e. The fourth-order valence-electron chi connectivity index (χ4n) is 3.82. The molecule has 0 unspecified atom stereocenters. The van der Waals surface area contributed by atoms with E-state index in [9.17, 15) is 18.8 Å². The molecule has 0 radical (unpaired) electrons. The van der Waals surface area contributed by atoms with Crippen LogP contribution in [0.5, 0.6) is 0 Å². The zero-order valence-corrected chi connectivity index (χ0v) is 16.5. The van der Waals surface area contributed by atoms with Crippen molar-refractivity contribution in [2.24, 2.45) is 0 Å². The molecule has 2 aliphatic rings. The number of carbonyl (C=O) groups is 3. The maximum absolute atomic E-state index is 14.4. The number of urea groups is 1. The maximum atomic E-state index is 14.4. The number of benzene rings is 1. The van der Waals surface area contributed by atoms with Gasteiger partial charge in [0.2, 0.25) is 5.91 Å². The lowest BCUT2D eigenvalue weighted by Gasteiger charge is -2.29. The molecule has 7 nitrogen and oxygen atoms in total. The summed E-state index contributed by atoms with van der Waals surface area (Å²) in [7, 11) is 0. The molecular weight excluding hydrogens is 363 g/mol. The summed E-state index contributed by atoms with van der Waals surface area (Å²) in [6.45, 7) is 6.59. The van der Waals surface area contributed by atoms with Crippen LogP contribution in [-0.4, -0.2) is 58.9 Å². The minimum absolute atomic E-state index is 0.206. The van der Waals surface area contributed by atoms with E-state index in [4.69, 9.17) is 0 Å². The van der Waals surface area contributed by atoms with Gasteiger partial charge in [-0.15, -0.1) is 0 Å². The number of hydrogen-bond donors (Lipinski definition) is 2. The summed E-state index contributed by atoms with van der Waals surface area (Å²) >= 11 is 0. The molecule has 1 aromatic carbocycles. The van der Waals surface area contributed by atoms with Crippen molar-refractivity contribution in [3.8, 4) is 0 Å². The number of carbonyl (C=O) groups excluding carboxylic acids is 3. The van der Waals surface area contributed by atoms with Gasteiger partial charge in [-0.3, -0.25) is 14.5 Å². The fraction of sp³-hybridized carbons (Fsp3) is 0.550. The summed E-state index contributed by atoms with van der Waals surface area (Å²) in [4.78, 5) is 40.3. The van der Waals surface area contributed by atoms with Crippen LogP contribution < -0.4 is 10.6 Å². The monoisotopic (exact) mass is 390 g/mol. The SMILES string of the molecule is C[C@@H](C(=O)NC[C@H](c1ccccc1F)N1CCCC1)N1C(=O)NC(C)(C)C1=O. The normalized spacial score (nSPS) is 21.5. The molecule has 2 atom stereocenters. The van der Waals surface area contributed by atoms with Crippen molar-refractivity contribution in [2.45, 2.75) is 51.2 Å². The van der Waals surface area contributed by atoms with Gasteiger partial charge in [-0.2, -0.15) is 0 Å². The quantitative estimate of drug-likeness (QED) is 0.726. The van der Waals surface area contributed by atoms with Gasteiger partial charge >= 0.3 is 6.03 Å². The van der Waals surface area contributed by atoms with E-state index in [2.05, 4.69) is 15.5 Å². The molecule has 0 spiro atoms. The minimum Gasteiger partial charge on any atom is -0.352 e.